The van der Waals surface area contributed by atoms with Gasteiger partial charge in [0.25, 0.3) is 5.69 Å². The van der Waals surface area contributed by atoms with Crippen molar-refractivity contribution in [3.05, 3.63) is 34.5 Å². The number of nitro groups is 1. The molecule has 2 aromatic rings. The van der Waals surface area contributed by atoms with E-state index in [2.05, 4.69) is 15.3 Å². The van der Waals surface area contributed by atoms with Gasteiger partial charge < -0.3 is 5.32 Å². The molecule has 1 N–H and O–H groups in total. The van der Waals surface area contributed by atoms with E-state index in [-0.39, 0.29) is 5.69 Å². The highest BCUT2D eigenvalue weighted by molar-refractivity contribution is 7.84. The van der Waals surface area contributed by atoms with Gasteiger partial charge in [0.15, 0.2) is 0 Å². The molecule has 2 heterocycles. The number of hydrogen-bond donors (Lipinski definition) is 1. The third-order valence-electron chi connectivity index (χ3n) is 3.50. The fourth-order valence-electron chi connectivity index (χ4n) is 2.36. The normalized spacial score (nSPS) is 19.7. The van der Waals surface area contributed by atoms with E-state index >= 15 is 0 Å². The van der Waals surface area contributed by atoms with Gasteiger partial charge in [0.2, 0.25) is 0 Å². The summed E-state index contributed by atoms with van der Waals surface area (Å²) in [6.07, 6.45) is 2.48. The van der Waals surface area contributed by atoms with Gasteiger partial charge in [-0.3, -0.25) is 19.3 Å². The first-order chi connectivity index (χ1) is 10.1. The minimum Gasteiger partial charge on any atom is -0.316 e. The molecular formula is C13H14N4O3S. The van der Waals surface area contributed by atoms with E-state index in [0.29, 0.717) is 27.7 Å². The van der Waals surface area contributed by atoms with Crippen LogP contribution in [0.15, 0.2) is 29.4 Å². The Morgan fingerprint density at radius 2 is 2.29 bits per heavy atom. The van der Waals surface area contributed by atoms with Crippen LogP contribution in [0.4, 0.5) is 5.69 Å². The van der Waals surface area contributed by atoms with Crippen LogP contribution in [0.3, 0.4) is 0 Å². The number of fused-ring (bicyclic) bond motifs is 1. The van der Waals surface area contributed by atoms with E-state index in [4.69, 9.17) is 0 Å². The lowest BCUT2D eigenvalue weighted by Crippen LogP contribution is -2.15. The molecule has 0 bridgehead atoms. The summed E-state index contributed by atoms with van der Waals surface area (Å²) >= 11 is 0. The van der Waals surface area contributed by atoms with Crippen molar-refractivity contribution < 1.29 is 9.13 Å². The zero-order chi connectivity index (χ0) is 14.8. The van der Waals surface area contributed by atoms with Gasteiger partial charge >= 0.3 is 0 Å². The molecule has 1 fully saturated rings. The molecule has 3 rings (SSSR count). The Labute approximate surface area is 123 Å². The Morgan fingerprint density at radius 3 is 3.00 bits per heavy atom. The molecule has 8 heteroatoms. The summed E-state index contributed by atoms with van der Waals surface area (Å²) in [6.45, 7) is 1.86. The van der Waals surface area contributed by atoms with Crippen LogP contribution in [0.25, 0.3) is 11.0 Å². The first kappa shape index (κ1) is 14.0. The highest BCUT2D eigenvalue weighted by Crippen LogP contribution is 2.19. The first-order valence-electron chi connectivity index (χ1n) is 6.64. The van der Waals surface area contributed by atoms with Gasteiger partial charge in [-0.2, -0.15) is 0 Å². The summed E-state index contributed by atoms with van der Waals surface area (Å²) in [5, 5.41) is 14.4. The SMILES string of the molecule is O=[N+]([O-])c1ccc2nc(S(=O)CC3CCNC3)cnc2c1. The van der Waals surface area contributed by atoms with E-state index in [1.807, 2.05) is 0 Å². The summed E-state index contributed by atoms with van der Waals surface area (Å²) in [4.78, 5) is 18.7. The van der Waals surface area contributed by atoms with Gasteiger partial charge in [0.1, 0.15) is 5.03 Å². The fraction of sp³-hybridized carbons (Fsp3) is 0.385. The molecule has 110 valence electrons. The van der Waals surface area contributed by atoms with E-state index in [1.165, 1.54) is 24.4 Å². The van der Waals surface area contributed by atoms with Crippen LogP contribution < -0.4 is 5.32 Å². The van der Waals surface area contributed by atoms with Crippen molar-refractivity contribution >= 4 is 27.5 Å². The van der Waals surface area contributed by atoms with Crippen LogP contribution in [0.5, 0.6) is 0 Å². The molecule has 1 aromatic carbocycles. The van der Waals surface area contributed by atoms with Crippen LogP contribution in [-0.2, 0) is 10.8 Å². The number of nitrogens with zero attached hydrogens (tertiary/aromatic N) is 3. The average Bonchev–Trinajstić information content (AvgIpc) is 2.99. The predicted octanol–water partition coefficient (Wildman–Crippen LogP) is 1.26. The number of nitro benzene ring substituents is 1. The van der Waals surface area contributed by atoms with Gasteiger partial charge in [-0.05, 0) is 31.5 Å². The highest BCUT2D eigenvalue weighted by Gasteiger charge is 2.19. The standard InChI is InChI=1S/C13H14N4O3S/c18-17(19)10-1-2-11-12(5-10)15-7-13(16-11)21(20)8-9-3-4-14-6-9/h1-2,5,7,9,14H,3-4,6,8H2. The van der Waals surface area contributed by atoms with Crippen LogP contribution in [0, 0.1) is 16.0 Å². The number of non-ortho nitro benzene ring substituents is 1. The molecule has 0 amide bonds. The molecule has 1 aliphatic rings. The Hall–Kier alpha value is -1.93. The molecule has 0 aliphatic carbocycles. The van der Waals surface area contributed by atoms with Crippen LogP contribution in [-0.4, -0.2) is 37.9 Å². The van der Waals surface area contributed by atoms with Crippen LogP contribution in [0.2, 0.25) is 0 Å². The smallest absolute Gasteiger partial charge is 0.271 e. The number of rotatable bonds is 4. The Morgan fingerprint density at radius 1 is 1.43 bits per heavy atom. The lowest BCUT2D eigenvalue weighted by Gasteiger charge is -2.07. The minimum atomic E-state index is -1.19. The lowest BCUT2D eigenvalue weighted by atomic mass is 10.2. The number of aromatic nitrogens is 2. The zero-order valence-electron chi connectivity index (χ0n) is 11.2. The monoisotopic (exact) mass is 306 g/mol. The Kier molecular flexibility index (Phi) is 3.89. The number of benzene rings is 1. The maximum absolute atomic E-state index is 12.3. The van der Waals surface area contributed by atoms with Gasteiger partial charge in [-0.1, -0.05) is 0 Å². The summed E-state index contributed by atoms with van der Waals surface area (Å²) in [5.41, 5.74) is 0.936. The van der Waals surface area contributed by atoms with Gasteiger partial charge in [0.05, 0.1) is 33.0 Å². The molecule has 1 aliphatic heterocycles. The fourth-order valence-corrected chi connectivity index (χ4v) is 3.62. The maximum atomic E-state index is 12.3. The lowest BCUT2D eigenvalue weighted by molar-refractivity contribution is -0.384. The van der Waals surface area contributed by atoms with E-state index < -0.39 is 15.7 Å². The van der Waals surface area contributed by atoms with E-state index in [0.717, 1.165) is 19.5 Å². The zero-order valence-corrected chi connectivity index (χ0v) is 12.0. The molecule has 2 atom stereocenters. The molecule has 21 heavy (non-hydrogen) atoms. The molecule has 1 saturated heterocycles. The molecule has 0 radical (unpaired) electrons. The van der Waals surface area contributed by atoms with Crippen molar-refractivity contribution in [2.75, 3.05) is 18.8 Å². The highest BCUT2D eigenvalue weighted by atomic mass is 32.2. The largest absolute Gasteiger partial charge is 0.316 e. The van der Waals surface area contributed by atoms with Gasteiger partial charge in [-0.25, -0.2) is 4.98 Å². The Balaban J connectivity index is 1.84. The molecule has 1 aromatic heterocycles. The third-order valence-corrected chi connectivity index (χ3v) is 4.93. The third kappa shape index (κ3) is 3.06. The quantitative estimate of drug-likeness (QED) is 0.674. The molecule has 7 nitrogen and oxygen atoms in total. The second-order valence-corrected chi connectivity index (χ2v) is 6.45. The van der Waals surface area contributed by atoms with Crippen molar-refractivity contribution in [2.45, 2.75) is 11.4 Å². The molecule has 0 saturated carbocycles. The number of hydrogen-bond acceptors (Lipinski definition) is 6. The van der Waals surface area contributed by atoms with Crippen molar-refractivity contribution in [2.24, 2.45) is 5.92 Å². The second-order valence-electron chi connectivity index (χ2n) is 5.01. The average molecular weight is 306 g/mol. The van der Waals surface area contributed by atoms with Crippen molar-refractivity contribution in [1.29, 1.82) is 0 Å². The van der Waals surface area contributed by atoms with Gasteiger partial charge in [0, 0.05) is 17.9 Å². The minimum absolute atomic E-state index is 0.0253. The maximum Gasteiger partial charge on any atom is 0.271 e. The van der Waals surface area contributed by atoms with Crippen LogP contribution >= 0.6 is 0 Å². The summed E-state index contributed by atoms with van der Waals surface area (Å²) in [6, 6.07) is 4.29. The number of nitrogens with one attached hydrogen (secondary N) is 1. The molecule has 2 unspecified atom stereocenters. The first-order valence-corrected chi connectivity index (χ1v) is 7.95. The Bertz CT molecular complexity index is 716. The second kappa shape index (κ2) is 5.82. The van der Waals surface area contributed by atoms with E-state index in [9.17, 15) is 14.3 Å². The topological polar surface area (TPSA) is 98.0 Å². The summed E-state index contributed by atoms with van der Waals surface area (Å²) in [7, 11) is -1.19. The molecule has 0 spiro atoms. The van der Waals surface area contributed by atoms with Crippen molar-refractivity contribution in [3.63, 3.8) is 0 Å². The predicted molar refractivity (Wildman–Crippen MR) is 78.4 cm³/mol. The summed E-state index contributed by atoms with van der Waals surface area (Å²) < 4.78 is 12.3. The van der Waals surface area contributed by atoms with E-state index in [1.54, 1.807) is 0 Å². The van der Waals surface area contributed by atoms with Crippen molar-refractivity contribution in [3.8, 4) is 0 Å². The van der Waals surface area contributed by atoms with Crippen molar-refractivity contribution in [1.82, 2.24) is 15.3 Å². The molecular weight excluding hydrogens is 292 g/mol. The van der Waals surface area contributed by atoms with Gasteiger partial charge in [-0.15, -0.1) is 0 Å². The summed E-state index contributed by atoms with van der Waals surface area (Å²) in [5.74, 6) is 0.973. The van der Waals surface area contributed by atoms with Crippen LogP contribution in [0.1, 0.15) is 6.42 Å².